The van der Waals surface area contributed by atoms with Crippen LogP contribution in [-0.2, 0) is 15.0 Å². The molecule has 20 heavy (non-hydrogen) atoms. The molecule has 2 atom stereocenters. The molecule has 2 unspecified atom stereocenters. The minimum atomic E-state index is -0.281. The van der Waals surface area contributed by atoms with E-state index in [0.717, 1.165) is 45.5 Å². The first-order chi connectivity index (χ1) is 9.62. The standard InChI is InChI=1S/C17H25NO2/c1-16(18,14-5-3-2-4-6-14)15-7-10-20-17(13-15)8-11-19-12-9-17/h2-6,15H,7-13,18H2,1H3. The van der Waals surface area contributed by atoms with Gasteiger partial charge in [-0.15, -0.1) is 0 Å². The third-order valence-electron chi connectivity index (χ3n) is 5.14. The predicted octanol–water partition coefficient (Wildman–Crippen LogP) is 2.84. The second-order valence-corrected chi connectivity index (χ2v) is 6.48. The Morgan fingerprint density at radius 1 is 1.15 bits per heavy atom. The van der Waals surface area contributed by atoms with Crippen LogP contribution >= 0.6 is 0 Å². The van der Waals surface area contributed by atoms with E-state index in [0.29, 0.717) is 5.92 Å². The third kappa shape index (κ3) is 2.62. The summed E-state index contributed by atoms with van der Waals surface area (Å²) in [5.41, 5.74) is 7.68. The molecule has 0 radical (unpaired) electrons. The Morgan fingerprint density at radius 3 is 2.55 bits per heavy atom. The van der Waals surface area contributed by atoms with Gasteiger partial charge in [-0.25, -0.2) is 0 Å². The van der Waals surface area contributed by atoms with Crippen LogP contribution < -0.4 is 5.73 Å². The Morgan fingerprint density at radius 2 is 1.85 bits per heavy atom. The fourth-order valence-electron chi connectivity index (χ4n) is 3.66. The van der Waals surface area contributed by atoms with E-state index < -0.39 is 0 Å². The highest BCUT2D eigenvalue weighted by molar-refractivity contribution is 5.24. The number of hydrogen-bond acceptors (Lipinski definition) is 3. The van der Waals surface area contributed by atoms with Gasteiger partial charge in [0.2, 0.25) is 0 Å². The summed E-state index contributed by atoms with van der Waals surface area (Å²) in [6.07, 6.45) is 4.12. The first-order valence-electron chi connectivity index (χ1n) is 7.69. The molecule has 1 spiro atoms. The normalized spacial score (nSPS) is 29.0. The van der Waals surface area contributed by atoms with Crippen molar-refractivity contribution in [2.24, 2.45) is 11.7 Å². The average Bonchev–Trinajstić information content (AvgIpc) is 2.49. The molecular formula is C17H25NO2. The van der Waals surface area contributed by atoms with Crippen molar-refractivity contribution in [1.29, 1.82) is 0 Å². The van der Waals surface area contributed by atoms with Crippen LogP contribution in [0, 0.1) is 5.92 Å². The maximum Gasteiger partial charge on any atom is 0.0729 e. The number of nitrogens with two attached hydrogens (primary N) is 1. The molecule has 0 amide bonds. The highest BCUT2D eigenvalue weighted by Gasteiger charge is 2.44. The lowest BCUT2D eigenvalue weighted by atomic mass is 9.70. The molecule has 110 valence electrons. The fraction of sp³-hybridized carbons (Fsp3) is 0.647. The Balaban J connectivity index is 1.79. The predicted molar refractivity (Wildman–Crippen MR) is 79.4 cm³/mol. The van der Waals surface area contributed by atoms with Gasteiger partial charge in [0.05, 0.1) is 5.60 Å². The van der Waals surface area contributed by atoms with Crippen LogP contribution in [0.4, 0.5) is 0 Å². The summed E-state index contributed by atoms with van der Waals surface area (Å²) >= 11 is 0. The summed E-state index contributed by atoms with van der Waals surface area (Å²) in [6.45, 7) is 4.63. The van der Waals surface area contributed by atoms with Crippen LogP contribution in [0.3, 0.4) is 0 Å². The molecule has 3 heteroatoms. The molecule has 3 rings (SSSR count). The Kier molecular flexibility index (Phi) is 3.85. The molecular weight excluding hydrogens is 250 g/mol. The van der Waals surface area contributed by atoms with Gasteiger partial charge in [0.15, 0.2) is 0 Å². The number of benzene rings is 1. The first-order valence-corrected chi connectivity index (χ1v) is 7.69. The molecule has 2 heterocycles. The van der Waals surface area contributed by atoms with Crippen LogP contribution in [0.2, 0.25) is 0 Å². The van der Waals surface area contributed by atoms with E-state index in [2.05, 4.69) is 31.2 Å². The van der Waals surface area contributed by atoms with E-state index in [1.54, 1.807) is 0 Å². The summed E-state index contributed by atoms with van der Waals surface area (Å²) in [6, 6.07) is 10.5. The van der Waals surface area contributed by atoms with Crippen LogP contribution in [0.15, 0.2) is 30.3 Å². The second-order valence-electron chi connectivity index (χ2n) is 6.48. The van der Waals surface area contributed by atoms with Crippen LogP contribution in [0.25, 0.3) is 0 Å². The van der Waals surface area contributed by atoms with E-state index in [9.17, 15) is 0 Å². The van der Waals surface area contributed by atoms with Gasteiger partial charge in [-0.3, -0.25) is 0 Å². The molecule has 2 aliphatic heterocycles. The number of hydrogen-bond donors (Lipinski definition) is 1. The van der Waals surface area contributed by atoms with E-state index >= 15 is 0 Å². The minimum Gasteiger partial charge on any atom is -0.381 e. The Labute approximate surface area is 121 Å². The van der Waals surface area contributed by atoms with E-state index in [4.69, 9.17) is 15.2 Å². The van der Waals surface area contributed by atoms with Crippen molar-refractivity contribution in [3.63, 3.8) is 0 Å². The second kappa shape index (κ2) is 5.47. The van der Waals surface area contributed by atoms with Gasteiger partial charge in [0.25, 0.3) is 0 Å². The Bertz CT molecular complexity index is 432. The smallest absolute Gasteiger partial charge is 0.0729 e. The lowest BCUT2D eigenvalue weighted by molar-refractivity contribution is -0.154. The van der Waals surface area contributed by atoms with Gasteiger partial charge >= 0.3 is 0 Å². The SMILES string of the molecule is CC(N)(c1ccccc1)C1CCOC2(CCOCC2)C1. The lowest BCUT2D eigenvalue weighted by Crippen LogP contribution is -2.51. The topological polar surface area (TPSA) is 44.5 Å². The van der Waals surface area contributed by atoms with Crippen LogP contribution in [-0.4, -0.2) is 25.4 Å². The number of ether oxygens (including phenoxy) is 2. The van der Waals surface area contributed by atoms with Gasteiger partial charge < -0.3 is 15.2 Å². The molecule has 0 saturated carbocycles. The van der Waals surface area contributed by atoms with Crippen molar-refractivity contribution in [3.8, 4) is 0 Å². The van der Waals surface area contributed by atoms with Crippen molar-refractivity contribution in [2.45, 2.75) is 43.7 Å². The lowest BCUT2D eigenvalue weighted by Gasteiger charge is -2.47. The first kappa shape index (κ1) is 14.1. The maximum absolute atomic E-state index is 6.72. The molecule has 2 aliphatic rings. The highest BCUT2D eigenvalue weighted by Crippen LogP contribution is 2.43. The maximum atomic E-state index is 6.72. The quantitative estimate of drug-likeness (QED) is 0.902. The highest BCUT2D eigenvalue weighted by atomic mass is 16.5. The van der Waals surface area contributed by atoms with Crippen molar-refractivity contribution >= 4 is 0 Å². The zero-order valence-electron chi connectivity index (χ0n) is 12.3. The molecule has 2 saturated heterocycles. The molecule has 2 N–H and O–H groups in total. The van der Waals surface area contributed by atoms with Crippen LogP contribution in [0.1, 0.15) is 38.2 Å². The monoisotopic (exact) mass is 275 g/mol. The van der Waals surface area contributed by atoms with Gasteiger partial charge in [-0.1, -0.05) is 30.3 Å². The Hall–Kier alpha value is -0.900. The van der Waals surface area contributed by atoms with E-state index in [1.165, 1.54) is 5.56 Å². The van der Waals surface area contributed by atoms with Gasteiger partial charge in [0, 0.05) is 25.4 Å². The summed E-state index contributed by atoms with van der Waals surface area (Å²) < 4.78 is 11.6. The molecule has 0 aromatic heterocycles. The molecule has 0 bridgehead atoms. The fourth-order valence-corrected chi connectivity index (χ4v) is 3.66. The van der Waals surface area contributed by atoms with Gasteiger partial charge in [0.1, 0.15) is 0 Å². The zero-order valence-corrected chi connectivity index (χ0v) is 12.3. The van der Waals surface area contributed by atoms with Gasteiger partial charge in [-0.2, -0.15) is 0 Å². The zero-order chi connectivity index (χ0) is 14.1. The summed E-state index contributed by atoms with van der Waals surface area (Å²) in [7, 11) is 0. The van der Waals surface area contributed by atoms with Gasteiger partial charge in [-0.05, 0) is 44.1 Å². The van der Waals surface area contributed by atoms with E-state index in [-0.39, 0.29) is 11.1 Å². The van der Waals surface area contributed by atoms with Crippen molar-refractivity contribution in [1.82, 2.24) is 0 Å². The third-order valence-corrected chi connectivity index (χ3v) is 5.14. The van der Waals surface area contributed by atoms with Crippen molar-refractivity contribution in [2.75, 3.05) is 19.8 Å². The summed E-state index contributed by atoms with van der Waals surface area (Å²) in [5.74, 6) is 0.469. The molecule has 1 aromatic rings. The molecule has 2 fully saturated rings. The molecule has 0 aliphatic carbocycles. The van der Waals surface area contributed by atoms with Crippen LogP contribution in [0.5, 0.6) is 0 Å². The molecule has 3 nitrogen and oxygen atoms in total. The summed E-state index contributed by atoms with van der Waals surface area (Å²) in [4.78, 5) is 0. The number of rotatable bonds is 2. The average molecular weight is 275 g/mol. The van der Waals surface area contributed by atoms with E-state index in [1.807, 2.05) is 6.07 Å². The molecule has 1 aromatic carbocycles. The van der Waals surface area contributed by atoms with Crippen molar-refractivity contribution in [3.05, 3.63) is 35.9 Å². The largest absolute Gasteiger partial charge is 0.381 e. The summed E-state index contributed by atoms with van der Waals surface area (Å²) in [5, 5.41) is 0. The minimum absolute atomic E-state index is 0.0105. The van der Waals surface area contributed by atoms with Crippen molar-refractivity contribution < 1.29 is 9.47 Å².